The number of nitrogens with zero attached hydrogens (tertiary/aromatic N) is 2. The molecule has 2 rings (SSSR count). The summed E-state index contributed by atoms with van der Waals surface area (Å²) in [5.74, 6) is -0.262. The normalized spacial score (nSPS) is 11.6. The molecule has 0 unspecified atom stereocenters. The number of rotatable bonds is 4. The predicted octanol–water partition coefficient (Wildman–Crippen LogP) is 2.30. The number of carbonyl (C=O) groups is 1. The van der Waals surface area contributed by atoms with Crippen LogP contribution in [-0.4, -0.2) is 30.2 Å². The molecular weight excluding hydrogens is 344 g/mol. The number of ketones is 1. The first kappa shape index (κ1) is 14.9. The lowest BCUT2D eigenvalue weighted by Gasteiger charge is -2.06. The zero-order valence-corrected chi connectivity index (χ0v) is 13.4. The number of aryl methyl sites for hydroxylation is 1. The Labute approximate surface area is 125 Å². The molecule has 20 heavy (non-hydrogen) atoms. The molecule has 0 saturated carbocycles. The summed E-state index contributed by atoms with van der Waals surface area (Å²) in [6, 6.07) is 6.01. The van der Waals surface area contributed by atoms with Gasteiger partial charge in [-0.1, -0.05) is 12.1 Å². The van der Waals surface area contributed by atoms with Crippen LogP contribution in [0.2, 0.25) is 0 Å². The highest BCUT2D eigenvalue weighted by atomic mass is 79.9. The van der Waals surface area contributed by atoms with Gasteiger partial charge in [-0.15, -0.1) is 0 Å². The number of carbonyl (C=O) groups excluding carboxylic acids is 1. The van der Waals surface area contributed by atoms with Crippen molar-refractivity contribution in [3.63, 3.8) is 0 Å². The Morgan fingerprint density at radius 2 is 2.10 bits per heavy atom. The van der Waals surface area contributed by atoms with Gasteiger partial charge < -0.3 is 0 Å². The van der Waals surface area contributed by atoms with Gasteiger partial charge in [-0.2, -0.15) is 5.10 Å². The summed E-state index contributed by atoms with van der Waals surface area (Å²) in [7, 11) is -3.34. The molecule has 1 heterocycles. The van der Waals surface area contributed by atoms with Crippen molar-refractivity contribution < 1.29 is 13.2 Å². The van der Waals surface area contributed by atoms with Crippen molar-refractivity contribution in [2.75, 3.05) is 6.26 Å². The minimum absolute atomic E-state index is 0.127. The van der Waals surface area contributed by atoms with E-state index in [9.17, 15) is 13.2 Å². The molecule has 0 fully saturated rings. The number of halogens is 1. The third kappa shape index (κ3) is 2.83. The molecule has 0 aliphatic carbocycles. The predicted molar refractivity (Wildman–Crippen MR) is 78.6 cm³/mol. The second-order valence-corrected chi connectivity index (χ2v) is 7.16. The molecule has 1 aromatic heterocycles. The van der Waals surface area contributed by atoms with Gasteiger partial charge in [0.1, 0.15) is 5.69 Å². The zero-order chi connectivity index (χ0) is 14.9. The van der Waals surface area contributed by atoms with Crippen LogP contribution in [0.1, 0.15) is 23.0 Å². The smallest absolute Gasteiger partial charge is 0.212 e. The van der Waals surface area contributed by atoms with Crippen LogP contribution in [0.5, 0.6) is 0 Å². The summed E-state index contributed by atoms with van der Waals surface area (Å²) in [5, 5.41) is 4.08. The topological polar surface area (TPSA) is 69.0 Å². The van der Waals surface area contributed by atoms with Crippen molar-refractivity contribution in [3.05, 3.63) is 46.2 Å². The van der Waals surface area contributed by atoms with Crippen LogP contribution in [-0.2, 0) is 16.4 Å². The van der Waals surface area contributed by atoms with E-state index < -0.39 is 9.84 Å². The Kier molecular flexibility index (Phi) is 4.10. The Bertz CT molecular complexity index is 766. The van der Waals surface area contributed by atoms with Gasteiger partial charge in [-0.25, -0.2) is 8.42 Å². The van der Waals surface area contributed by atoms with Gasteiger partial charge in [-0.3, -0.25) is 9.48 Å². The van der Waals surface area contributed by atoms with E-state index in [0.29, 0.717) is 22.3 Å². The molecule has 0 aliphatic rings. The van der Waals surface area contributed by atoms with E-state index in [-0.39, 0.29) is 10.7 Å². The molecule has 7 heteroatoms. The van der Waals surface area contributed by atoms with E-state index in [1.54, 1.807) is 23.0 Å². The Morgan fingerprint density at radius 1 is 1.40 bits per heavy atom. The van der Waals surface area contributed by atoms with E-state index in [0.717, 1.165) is 6.26 Å². The number of sulfone groups is 1. The number of aromatic nitrogens is 2. The second-order valence-electron chi connectivity index (χ2n) is 4.29. The second kappa shape index (κ2) is 5.49. The summed E-state index contributed by atoms with van der Waals surface area (Å²) in [6.07, 6.45) is 2.67. The maximum absolute atomic E-state index is 12.5. The molecule has 2 aromatic rings. The molecule has 0 saturated heterocycles. The van der Waals surface area contributed by atoms with Crippen molar-refractivity contribution in [1.82, 2.24) is 9.78 Å². The Balaban J connectivity index is 2.52. The molecule has 5 nitrogen and oxygen atoms in total. The van der Waals surface area contributed by atoms with Crippen molar-refractivity contribution in [3.8, 4) is 0 Å². The Morgan fingerprint density at radius 3 is 2.70 bits per heavy atom. The van der Waals surface area contributed by atoms with Gasteiger partial charge >= 0.3 is 0 Å². The SMILES string of the molecule is CCn1ncc(Br)c1C(=O)c1cccc(S(C)(=O)=O)c1. The largest absolute Gasteiger partial charge is 0.287 e. The quantitative estimate of drug-likeness (QED) is 0.788. The first-order valence-corrected chi connectivity index (χ1v) is 8.59. The molecule has 0 N–H and O–H groups in total. The summed E-state index contributed by atoms with van der Waals surface area (Å²) >= 11 is 3.29. The molecule has 0 spiro atoms. The highest BCUT2D eigenvalue weighted by Gasteiger charge is 2.19. The molecule has 0 amide bonds. The lowest BCUT2D eigenvalue weighted by molar-refractivity contribution is 0.102. The molecule has 0 bridgehead atoms. The highest BCUT2D eigenvalue weighted by Crippen LogP contribution is 2.21. The first-order valence-electron chi connectivity index (χ1n) is 5.90. The molecule has 106 valence electrons. The van der Waals surface area contributed by atoms with Crippen LogP contribution in [0.25, 0.3) is 0 Å². The maximum atomic E-state index is 12.5. The van der Waals surface area contributed by atoms with E-state index in [1.165, 1.54) is 12.1 Å². The summed E-state index contributed by atoms with van der Waals surface area (Å²) in [5.41, 5.74) is 0.738. The third-order valence-corrected chi connectivity index (χ3v) is 4.52. The minimum Gasteiger partial charge on any atom is -0.287 e. The maximum Gasteiger partial charge on any atom is 0.212 e. The first-order chi connectivity index (χ1) is 9.34. The van der Waals surface area contributed by atoms with Crippen LogP contribution in [0, 0.1) is 0 Å². The van der Waals surface area contributed by atoms with Crippen molar-refractivity contribution in [1.29, 1.82) is 0 Å². The van der Waals surface area contributed by atoms with E-state index >= 15 is 0 Å². The van der Waals surface area contributed by atoms with Gasteiger partial charge in [0, 0.05) is 18.4 Å². The van der Waals surface area contributed by atoms with Crippen LogP contribution < -0.4 is 0 Å². The molecule has 0 aliphatic heterocycles. The van der Waals surface area contributed by atoms with Gasteiger partial charge in [0.15, 0.2) is 9.84 Å². The molecule has 1 aromatic carbocycles. The van der Waals surface area contributed by atoms with Crippen molar-refractivity contribution in [2.45, 2.75) is 18.4 Å². The Hall–Kier alpha value is -1.47. The average Bonchev–Trinajstić information content (AvgIpc) is 2.78. The zero-order valence-electron chi connectivity index (χ0n) is 11.0. The van der Waals surface area contributed by atoms with Gasteiger partial charge in [-0.05, 0) is 35.0 Å². The summed E-state index contributed by atoms with van der Waals surface area (Å²) in [6.45, 7) is 2.43. The standard InChI is InChI=1S/C13H13BrN2O3S/c1-3-16-12(11(14)8-15-16)13(17)9-5-4-6-10(7-9)20(2,18)19/h4-8H,3H2,1-2H3. The summed E-state index contributed by atoms with van der Waals surface area (Å²) < 4.78 is 25.3. The fourth-order valence-electron chi connectivity index (χ4n) is 1.83. The van der Waals surface area contributed by atoms with Crippen molar-refractivity contribution in [2.24, 2.45) is 0 Å². The molecule has 0 atom stereocenters. The van der Waals surface area contributed by atoms with Gasteiger partial charge in [0.2, 0.25) is 5.78 Å². The van der Waals surface area contributed by atoms with E-state index in [2.05, 4.69) is 21.0 Å². The number of hydrogen-bond acceptors (Lipinski definition) is 4. The average molecular weight is 357 g/mol. The van der Waals surface area contributed by atoms with Crippen molar-refractivity contribution >= 4 is 31.6 Å². The van der Waals surface area contributed by atoms with Gasteiger partial charge in [0.25, 0.3) is 0 Å². The highest BCUT2D eigenvalue weighted by molar-refractivity contribution is 9.10. The van der Waals surface area contributed by atoms with E-state index in [1.807, 2.05) is 6.92 Å². The fourth-order valence-corrected chi connectivity index (χ4v) is 2.98. The lowest BCUT2D eigenvalue weighted by Crippen LogP contribution is -2.12. The minimum atomic E-state index is -3.34. The third-order valence-electron chi connectivity index (χ3n) is 2.83. The number of benzene rings is 1. The monoisotopic (exact) mass is 356 g/mol. The molecular formula is C13H13BrN2O3S. The molecule has 0 radical (unpaired) electrons. The van der Waals surface area contributed by atoms with Crippen LogP contribution in [0.15, 0.2) is 39.8 Å². The number of hydrogen-bond donors (Lipinski definition) is 0. The van der Waals surface area contributed by atoms with E-state index in [4.69, 9.17) is 0 Å². The lowest BCUT2D eigenvalue weighted by atomic mass is 10.1. The van der Waals surface area contributed by atoms with Crippen LogP contribution >= 0.6 is 15.9 Å². The van der Waals surface area contributed by atoms with Crippen LogP contribution in [0.3, 0.4) is 0 Å². The fraction of sp³-hybridized carbons (Fsp3) is 0.231. The van der Waals surface area contributed by atoms with Gasteiger partial charge in [0.05, 0.1) is 15.6 Å². The summed E-state index contributed by atoms with van der Waals surface area (Å²) in [4.78, 5) is 12.6. The van der Waals surface area contributed by atoms with Crippen LogP contribution in [0.4, 0.5) is 0 Å².